The van der Waals surface area contributed by atoms with Crippen molar-refractivity contribution in [2.24, 2.45) is 0 Å². The average Bonchev–Trinajstić information content (AvgIpc) is 2.88. The van der Waals surface area contributed by atoms with Crippen molar-refractivity contribution in [3.05, 3.63) is 120 Å². The number of nitrogens with zero attached hydrogens (tertiary/aromatic N) is 4. The maximum absolute atomic E-state index is 4.81. The Morgan fingerprint density at radius 1 is 0.486 bits per heavy atom. The number of hydrogen-bond acceptors (Lipinski definition) is 6. The summed E-state index contributed by atoms with van der Waals surface area (Å²) in [6.07, 6.45) is 0. The van der Waals surface area contributed by atoms with Gasteiger partial charge in [-0.3, -0.25) is 4.90 Å². The summed E-state index contributed by atoms with van der Waals surface area (Å²) in [6, 6.07) is 36.4. The minimum atomic E-state index is 0.449. The van der Waals surface area contributed by atoms with E-state index in [1.54, 1.807) is 0 Å². The molecule has 5 aromatic rings. The van der Waals surface area contributed by atoms with Crippen LogP contribution in [0.5, 0.6) is 0 Å². The Morgan fingerprint density at radius 2 is 0.886 bits per heavy atom. The van der Waals surface area contributed by atoms with Gasteiger partial charge in [0.15, 0.2) is 0 Å². The zero-order chi connectivity index (χ0) is 24.0. The number of anilines is 7. The SMILES string of the molecule is Cc1ccc(Nc2nc(Nc3ccc(C)cc3)nc(N(c3ccccc3)c3ccccc3)n2)cc1. The number of aromatic nitrogens is 3. The zero-order valence-electron chi connectivity index (χ0n) is 19.7. The Morgan fingerprint density at radius 3 is 1.29 bits per heavy atom. The van der Waals surface area contributed by atoms with Crippen molar-refractivity contribution in [1.29, 1.82) is 0 Å². The second-order valence-corrected chi connectivity index (χ2v) is 8.27. The quantitative estimate of drug-likeness (QED) is 0.264. The number of nitrogens with one attached hydrogen (secondary N) is 2. The molecule has 0 saturated carbocycles. The molecule has 0 aliphatic heterocycles. The first kappa shape index (κ1) is 22.1. The largest absolute Gasteiger partial charge is 0.324 e. The van der Waals surface area contributed by atoms with Gasteiger partial charge in [0.05, 0.1) is 0 Å². The highest BCUT2D eigenvalue weighted by Crippen LogP contribution is 2.33. The molecule has 0 radical (unpaired) electrons. The van der Waals surface area contributed by atoms with Crippen LogP contribution in [0.4, 0.5) is 40.6 Å². The van der Waals surface area contributed by atoms with Gasteiger partial charge in [-0.2, -0.15) is 15.0 Å². The molecule has 0 bridgehead atoms. The predicted octanol–water partition coefficient (Wildman–Crippen LogP) is 7.45. The molecule has 0 amide bonds. The average molecular weight is 459 g/mol. The number of benzene rings is 4. The highest BCUT2D eigenvalue weighted by molar-refractivity contribution is 5.74. The van der Waals surface area contributed by atoms with E-state index in [0.717, 1.165) is 22.7 Å². The van der Waals surface area contributed by atoms with E-state index in [-0.39, 0.29) is 0 Å². The molecule has 0 saturated heterocycles. The van der Waals surface area contributed by atoms with Gasteiger partial charge in [-0.1, -0.05) is 71.8 Å². The van der Waals surface area contributed by atoms with E-state index < -0.39 is 0 Å². The third-order valence-corrected chi connectivity index (χ3v) is 5.47. The van der Waals surface area contributed by atoms with Crippen molar-refractivity contribution in [3.63, 3.8) is 0 Å². The van der Waals surface area contributed by atoms with Crippen molar-refractivity contribution >= 4 is 40.6 Å². The third kappa shape index (κ3) is 5.45. The van der Waals surface area contributed by atoms with Gasteiger partial charge in [-0.05, 0) is 62.4 Å². The number of hydrogen-bond donors (Lipinski definition) is 2. The van der Waals surface area contributed by atoms with Gasteiger partial charge in [0, 0.05) is 22.7 Å². The van der Waals surface area contributed by atoms with Crippen molar-refractivity contribution < 1.29 is 0 Å². The lowest BCUT2D eigenvalue weighted by atomic mass is 10.2. The van der Waals surface area contributed by atoms with Crippen LogP contribution in [0.2, 0.25) is 0 Å². The van der Waals surface area contributed by atoms with Crippen LogP contribution in [0, 0.1) is 13.8 Å². The highest BCUT2D eigenvalue weighted by Gasteiger charge is 2.18. The highest BCUT2D eigenvalue weighted by atomic mass is 15.3. The minimum Gasteiger partial charge on any atom is -0.324 e. The van der Waals surface area contributed by atoms with E-state index in [0.29, 0.717) is 17.8 Å². The molecule has 2 N–H and O–H groups in total. The lowest BCUT2D eigenvalue weighted by Gasteiger charge is -2.24. The Kier molecular flexibility index (Phi) is 6.35. The smallest absolute Gasteiger partial charge is 0.241 e. The van der Waals surface area contributed by atoms with E-state index in [4.69, 9.17) is 9.97 Å². The first-order valence-electron chi connectivity index (χ1n) is 11.5. The molecule has 0 fully saturated rings. The Labute approximate surface area is 205 Å². The van der Waals surface area contributed by atoms with Crippen molar-refractivity contribution in [2.45, 2.75) is 13.8 Å². The van der Waals surface area contributed by atoms with Gasteiger partial charge in [0.1, 0.15) is 0 Å². The summed E-state index contributed by atoms with van der Waals surface area (Å²) in [5.41, 5.74) is 6.08. The number of rotatable bonds is 7. The summed E-state index contributed by atoms with van der Waals surface area (Å²) in [4.78, 5) is 16.3. The predicted molar refractivity (Wildman–Crippen MR) is 143 cm³/mol. The standard InChI is InChI=1S/C29H26N6/c1-21-13-17-23(18-14-21)30-27-32-28(31-24-19-15-22(2)16-20-24)34-29(33-27)35(25-9-5-3-6-10-25)26-11-7-4-8-12-26/h3-20H,1-2H3,(H2,30,31,32,33,34). The first-order valence-corrected chi connectivity index (χ1v) is 11.5. The molecule has 6 heteroatoms. The van der Waals surface area contributed by atoms with Crippen LogP contribution in [0.15, 0.2) is 109 Å². The van der Waals surface area contributed by atoms with Gasteiger partial charge in [-0.15, -0.1) is 0 Å². The molecular formula is C29H26N6. The molecule has 35 heavy (non-hydrogen) atoms. The molecule has 1 heterocycles. The summed E-state index contributed by atoms with van der Waals surface area (Å²) in [6.45, 7) is 4.12. The van der Waals surface area contributed by atoms with E-state index in [1.165, 1.54) is 11.1 Å². The van der Waals surface area contributed by atoms with Gasteiger partial charge in [-0.25, -0.2) is 0 Å². The van der Waals surface area contributed by atoms with Crippen molar-refractivity contribution in [1.82, 2.24) is 15.0 Å². The molecular weight excluding hydrogens is 432 g/mol. The third-order valence-electron chi connectivity index (χ3n) is 5.47. The van der Waals surface area contributed by atoms with Crippen molar-refractivity contribution in [3.8, 4) is 0 Å². The molecule has 1 aromatic heterocycles. The normalized spacial score (nSPS) is 10.6. The van der Waals surface area contributed by atoms with Crippen molar-refractivity contribution in [2.75, 3.05) is 15.5 Å². The van der Waals surface area contributed by atoms with Crippen LogP contribution in [-0.4, -0.2) is 15.0 Å². The Bertz CT molecular complexity index is 1280. The zero-order valence-corrected chi connectivity index (χ0v) is 19.7. The van der Waals surface area contributed by atoms with Crippen LogP contribution in [0.25, 0.3) is 0 Å². The fourth-order valence-electron chi connectivity index (χ4n) is 3.64. The molecule has 0 aliphatic rings. The summed E-state index contributed by atoms with van der Waals surface area (Å²) >= 11 is 0. The monoisotopic (exact) mass is 458 g/mol. The van der Waals surface area contributed by atoms with E-state index in [2.05, 4.69) is 53.7 Å². The fourth-order valence-corrected chi connectivity index (χ4v) is 3.64. The molecule has 0 aliphatic carbocycles. The lowest BCUT2D eigenvalue weighted by molar-refractivity contribution is 1.02. The molecule has 5 rings (SSSR count). The van der Waals surface area contributed by atoms with Crippen LogP contribution >= 0.6 is 0 Å². The summed E-state index contributed by atoms with van der Waals surface area (Å²) in [5.74, 6) is 1.40. The summed E-state index contributed by atoms with van der Waals surface area (Å²) in [5, 5.41) is 6.67. The summed E-state index contributed by atoms with van der Waals surface area (Å²) < 4.78 is 0. The first-order chi connectivity index (χ1) is 17.1. The Balaban J connectivity index is 1.60. The molecule has 172 valence electrons. The van der Waals surface area contributed by atoms with Crippen LogP contribution in [-0.2, 0) is 0 Å². The molecule has 4 aromatic carbocycles. The Hall–Kier alpha value is -4.71. The maximum Gasteiger partial charge on any atom is 0.241 e. The fraction of sp³-hybridized carbons (Fsp3) is 0.0690. The van der Waals surface area contributed by atoms with E-state index >= 15 is 0 Å². The molecule has 0 atom stereocenters. The number of para-hydroxylation sites is 2. The van der Waals surface area contributed by atoms with Gasteiger partial charge in [0.25, 0.3) is 0 Å². The topological polar surface area (TPSA) is 66.0 Å². The van der Waals surface area contributed by atoms with Gasteiger partial charge < -0.3 is 10.6 Å². The second kappa shape index (κ2) is 10.1. The minimum absolute atomic E-state index is 0.449. The van der Waals surface area contributed by atoms with Crippen LogP contribution in [0.3, 0.4) is 0 Å². The molecule has 0 spiro atoms. The summed E-state index contributed by atoms with van der Waals surface area (Å²) in [7, 11) is 0. The van der Waals surface area contributed by atoms with E-state index in [9.17, 15) is 0 Å². The van der Waals surface area contributed by atoms with E-state index in [1.807, 2.05) is 89.8 Å². The molecule has 0 unspecified atom stereocenters. The van der Waals surface area contributed by atoms with Gasteiger partial charge >= 0.3 is 0 Å². The maximum atomic E-state index is 4.81. The van der Waals surface area contributed by atoms with Gasteiger partial charge in [0.2, 0.25) is 17.8 Å². The lowest BCUT2D eigenvalue weighted by Crippen LogP contribution is -2.16. The van der Waals surface area contributed by atoms with Crippen LogP contribution < -0.4 is 15.5 Å². The molecule has 6 nitrogen and oxygen atoms in total. The second-order valence-electron chi connectivity index (χ2n) is 8.27. The number of aryl methyl sites for hydroxylation is 2. The van der Waals surface area contributed by atoms with Crippen LogP contribution in [0.1, 0.15) is 11.1 Å².